The quantitative estimate of drug-likeness (QED) is 0.875. The Bertz CT molecular complexity index is 434. The molecule has 1 aliphatic carbocycles. The van der Waals surface area contributed by atoms with Crippen LogP contribution in [0.5, 0.6) is 0 Å². The molecule has 92 valence electrons. The first kappa shape index (κ1) is 12.1. The van der Waals surface area contributed by atoms with E-state index in [9.17, 15) is 14.3 Å². The van der Waals surface area contributed by atoms with E-state index in [1.165, 1.54) is 6.07 Å². The minimum atomic E-state index is -1.000. The number of aliphatic carboxylic acids is 1. The van der Waals surface area contributed by atoms with Crippen molar-refractivity contribution in [2.45, 2.75) is 32.1 Å². The molecule has 0 heterocycles. The van der Waals surface area contributed by atoms with Gasteiger partial charge in [-0.25, -0.2) is 4.39 Å². The normalized spacial score (nSPS) is 27.9. The summed E-state index contributed by atoms with van der Waals surface area (Å²) in [6, 6.07) is 6.22. The van der Waals surface area contributed by atoms with Crippen LogP contribution in [0.1, 0.15) is 32.3 Å². The zero-order chi connectivity index (χ0) is 12.6. The lowest BCUT2D eigenvalue weighted by Crippen LogP contribution is -2.49. The van der Waals surface area contributed by atoms with Crippen molar-refractivity contribution in [3.8, 4) is 0 Å². The number of carboxylic acids is 1. The molecule has 3 heteroatoms. The van der Waals surface area contributed by atoms with Crippen molar-refractivity contribution in [1.29, 1.82) is 0 Å². The molecule has 0 spiro atoms. The first-order valence-corrected chi connectivity index (χ1v) is 5.96. The molecule has 2 rings (SSSR count). The van der Waals surface area contributed by atoms with Gasteiger partial charge in [0.05, 0.1) is 5.41 Å². The molecule has 1 aromatic rings. The molecule has 1 saturated carbocycles. The highest BCUT2D eigenvalue weighted by Crippen LogP contribution is 2.51. The average molecular weight is 236 g/mol. The summed E-state index contributed by atoms with van der Waals surface area (Å²) in [5.74, 6) is -0.475. The van der Waals surface area contributed by atoms with Crippen LogP contribution < -0.4 is 0 Å². The highest BCUT2D eigenvalue weighted by Gasteiger charge is 2.53. The van der Waals surface area contributed by atoms with Crippen molar-refractivity contribution in [1.82, 2.24) is 0 Å². The summed E-state index contributed by atoms with van der Waals surface area (Å²) in [6.07, 6.45) is 1.09. The summed E-state index contributed by atoms with van der Waals surface area (Å²) in [5, 5.41) is 9.39. The Morgan fingerprint density at radius 2 is 2.00 bits per heavy atom. The van der Waals surface area contributed by atoms with Crippen molar-refractivity contribution >= 4 is 5.97 Å². The molecule has 0 bridgehead atoms. The zero-order valence-corrected chi connectivity index (χ0v) is 10.1. The highest BCUT2D eigenvalue weighted by molar-refractivity contribution is 5.83. The molecule has 0 amide bonds. The van der Waals surface area contributed by atoms with Crippen LogP contribution >= 0.6 is 0 Å². The van der Waals surface area contributed by atoms with Crippen LogP contribution in [-0.2, 0) is 10.2 Å². The first-order chi connectivity index (χ1) is 7.97. The van der Waals surface area contributed by atoms with Gasteiger partial charge in [-0.15, -0.1) is 0 Å². The van der Waals surface area contributed by atoms with E-state index in [4.69, 9.17) is 0 Å². The molecule has 1 aromatic carbocycles. The van der Waals surface area contributed by atoms with Gasteiger partial charge >= 0.3 is 5.97 Å². The maximum atomic E-state index is 13.7. The Balaban J connectivity index is 2.33. The summed E-state index contributed by atoms with van der Waals surface area (Å²) in [5.41, 5.74) is -0.662. The Morgan fingerprint density at radius 3 is 2.47 bits per heavy atom. The number of benzene rings is 1. The van der Waals surface area contributed by atoms with Gasteiger partial charge in [0.1, 0.15) is 5.82 Å². The molecule has 1 N–H and O–H groups in total. The fraction of sp³-hybridized carbons (Fsp3) is 0.500. The van der Waals surface area contributed by atoms with Gasteiger partial charge in [0.25, 0.3) is 0 Å². The number of rotatable bonds is 3. The third kappa shape index (κ3) is 1.84. The van der Waals surface area contributed by atoms with Crippen LogP contribution in [0.2, 0.25) is 0 Å². The van der Waals surface area contributed by atoms with Gasteiger partial charge in [0.2, 0.25) is 0 Å². The van der Waals surface area contributed by atoms with Gasteiger partial charge in [-0.1, -0.05) is 32.0 Å². The van der Waals surface area contributed by atoms with Gasteiger partial charge < -0.3 is 5.11 Å². The Kier molecular flexibility index (Phi) is 2.94. The molecule has 17 heavy (non-hydrogen) atoms. The summed E-state index contributed by atoms with van der Waals surface area (Å²) in [4.78, 5) is 11.5. The molecule has 1 aliphatic rings. The second-order valence-corrected chi connectivity index (χ2v) is 5.28. The number of carboxylic acid groups (broad SMARTS) is 1. The predicted octanol–water partition coefficient (Wildman–Crippen LogP) is 3.21. The minimum Gasteiger partial charge on any atom is -0.481 e. The summed E-state index contributed by atoms with van der Waals surface area (Å²) in [7, 11) is 0. The molecular weight excluding hydrogens is 219 g/mol. The van der Waals surface area contributed by atoms with Crippen molar-refractivity contribution in [3.63, 3.8) is 0 Å². The van der Waals surface area contributed by atoms with E-state index in [-0.39, 0.29) is 0 Å². The molecule has 0 saturated heterocycles. The third-order valence-corrected chi connectivity index (χ3v) is 3.96. The Hall–Kier alpha value is -1.38. The van der Waals surface area contributed by atoms with Gasteiger partial charge in [-0.3, -0.25) is 4.79 Å². The SMILES string of the molecule is CC(C)C1CC(C(=O)O)(c2ccccc2F)C1. The van der Waals surface area contributed by atoms with Crippen LogP contribution in [0.3, 0.4) is 0 Å². The first-order valence-electron chi connectivity index (χ1n) is 5.96. The molecule has 0 aromatic heterocycles. The van der Waals surface area contributed by atoms with E-state index in [1.54, 1.807) is 18.2 Å². The maximum Gasteiger partial charge on any atom is 0.314 e. The third-order valence-electron chi connectivity index (χ3n) is 3.96. The molecule has 0 unspecified atom stereocenters. The van der Waals surface area contributed by atoms with Crippen LogP contribution in [0.4, 0.5) is 4.39 Å². The molecular formula is C14H17FO2. The number of hydrogen-bond donors (Lipinski definition) is 1. The smallest absolute Gasteiger partial charge is 0.314 e. The maximum absolute atomic E-state index is 13.7. The lowest BCUT2D eigenvalue weighted by molar-refractivity contribution is -0.151. The van der Waals surface area contributed by atoms with E-state index < -0.39 is 17.2 Å². The van der Waals surface area contributed by atoms with E-state index in [0.717, 1.165) is 0 Å². The van der Waals surface area contributed by atoms with Gasteiger partial charge in [0, 0.05) is 5.56 Å². The fourth-order valence-electron chi connectivity index (χ4n) is 2.67. The van der Waals surface area contributed by atoms with Crippen LogP contribution in [0.15, 0.2) is 24.3 Å². The Morgan fingerprint density at radius 1 is 1.41 bits per heavy atom. The number of hydrogen-bond acceptors (Lipinski definition) is 1. The van der Waals surface area contributed by atoms with Gasteiger partial charge in [-0.2, -0.15) is 0 Å². The lowest BCUT2D eigenvalue weighted by Gasteiger charge is -2.46. The molecule has 0 aliphatic heterocycles. The lowest BCUT2D eigenvalue weighted by atomic mass is 9.56. The Labute approximate surface area is 100 Å². The minimum absolute atomic E-state index is 0.337. The molecule has 2 nitrogen and oxygen atoms in total. The van der Waals surface area contributed by atoms with Crippen molar-refractivity contribution in [2.75, 3.05) is 0 Å². The monoisotopic (exact) mass is 236 g/mol. The second kappa shape index (κ2) is 4.13. The molecule has 0 atom stereocenters. The van der Waals surface area contributed by atoms with E-state index in [0.29, 0.717) is 30.2 Å². The van der Waals surface area contributed by atoms with Gasteiger partial charge in [0.15, 0.2) is 0 Å². The standard InChI is InChI=1S/C14H17FO2/c1-9(2)10-7-14(8-10,13(16)17)11-5-3-4-6-12(11)15/h3-6,9-10H,7-8H2,1-2H3,(H,16,17). The summed E-state index contributed by atoms with van der Waals surface area (Å²) in [6.45, 7) is 4.16. The molecule has 0 radical (unpaired) electrons. The van der Waals surface area contributed by atoms with Crippen molar-refractivity contribution in [3.05, 3.63) is 35.6 Å². The van der Waals surface area contributed by atoms with Crippen LogP contribution in [-0.4, -0.2) is 11.1 Å². The highest BCUT2D eigenvalue weighted by atomic mass is 19.1. The number of halogens is 1. The van der Waals surface area contributed by atoms with E-state index in [2.05, 4.69) is 13.8 Å². The van der Waals surface area contributed by atoms with Crippen molar-refractivity contribution < 1.29 is 14.3 Å². The van der Waals surface area contributed by atoms with Crippen molar-refractivity contribution in [2.24, 2.45) is 11.8 Å². The summed E-state index contributed by atoms with van der Waals surface area (Å²) >= 11 is 0. The van der Waals surface area contributed by atoms with Crippen LogP contribution in [0, 0.1) is 17.7 Å². The largest absolute Gasteiger partial charge is 0.481 e. The number of carbonyl (C=O) groups is 1. The van der Waals surface area contributed by atoms with Gasteiger partial charge in [-0.05, 0) is 30.7 Å². The van der Waals surface area contributed by atoms with E-state index in [1.807, 2.05) is 0 Å². The topological polar surface area (TPSA) is 37.3 Å². The molecule has 1 fully saturated rings. The van der Waals surface area contributed by atoms with E-state index >= 15 is 0 Å². The van der Waals surface area contributed by atoms with Crippen LogP contribution in [0.25, 0.3) is 0 Å². The zero-order valence-electron chi connectivity index (χ0n) is 10.1. The average Bonchev–Trinajstić information content (AvgIpc) is 2.17. The predicted molar refractivity (Wildman–Crippen MR) is 63.3 cm³/mol. The summed E-state index contributed by atoms with van der Waals surface area (Å²) < 4.78 is 13.7. The second-order valence-electron chi connectivity index (χ2n) is 5.28. The fourth-order valence-corrected chi connectivity index (χ4v) is 2.67.